The van der Waals surface area contributed by atoms with Crippen LogP contribution in [0.25, 0.3) is 38.9 Å². The summed E-state index contributed by atoms with van der Waals surface area (Å²) in [5.74, 6) is 0. The summed E-state index contributed by atoms with van der Waals surface area (Å²) in [5.41, 5.74) is 6.18. The first-order chi connectivity index (χ1) is 14.3. The number of pyridine rings is 2. The number of fused-ring (bicyclic) bond motifs is 2. The second-order valence-corrected chi connectivity index (χ2v) is 7.02. The van der Waals surface area contributed by atoms with E-state index in [9.17, 15) is 0 Å². The molecule has 30 heavy (non-hydrogen) atoms. The SMILES string of the molecule is Cc1cccnc1C=[C-]c1cccc2ccc(-c3cccc4cccnc34)[c-]c12.[Pd+2]. The van der Waals surface area contributed by atoms with E-state index in [4.69, 9.17) is 0 Å². The number of nitrogens with zero attached hydrogens (tertiary/aromatic N) is 2. The number of hydrogen-bond acceptors (Lipinski definition) is 2. The Kier molecular flexibility index (Phi) is 5.86. The number of para-hydroxylation sites is 1. The largest absolute Gasteiger partial charge is 2.00 e. The van der Waals surface area contributed by atoms with Gasteiger partial charge in [-0.1, -0.05) is 41.5 Å². The fraction of sp³-hybridized carbons (Fsp3) is 0.0370. The molecule has 3 heteroatoms. The molecule has 0 saturated carbocycles. The van der Waals surface area contributed by atoms with Crippen molar-refractivity contribution in [3.63, 3.8) is 0 Å². The Bertz CT molecular complexity index is 1370. The van der Waals surface area contributed by atoms with E-state index in [1.807, 2.05) is 24.4 Å². The van der Waals surface area contributed by atoms with Gasteiger partial charge in [0.2, 0.25) is 0 Å². The predicted molar refractivity (Wildman–Crippen MR) is 119 cm³/mol. The summed E-state index contributed by atoms with van der Waals surface area (Å²) in [4.78, 5) is 9.03. The molecule has 5 rings (SSSR count). The first-order valence-corrected chi connectivity index (χ1v) is 9.60. The van der Waals surface area contributed by atoms with Crippen LogP contribution in [0, 0.1) is 19.1 Å². The molecule has 0 aliphatic rings. The van der Waals surface area contributed by atoms with E-state index in [1.165, 1.54) is 0 Å². The zero-order chi connectivity index (χ0) is 19.6. The van der Waals surface area contributed by atoms with Crippen molar-refractivity contribution in [1.82, 2.24) is 9.97 Å². The topological polar surface area (TPSA) is 25.8 Å². The molecule has 2 aromatic heterocycles. The molecule has 0 amide bonds. The third-order valence-electron chi connectivity index (χ3n) is 5.12. The number of hydrogen-bond donors (Lipinski definition) is 0. The van der Waals surface area contributed by atoms with Crippen molar-refractivity contribution in [1.29, 1.82) is 0 Å². The van der Waals surface area contributed by atoms with Crippen LogP contribution in [-0.2, 0) is 20.4 Å². The quantitative estimate of drug-likeness (QED) is 0.222. The average Bonchev–Trinajstić information content (AvgIpc) is 2.78. The molecule has 0 fully saturated rings. The van der Waals surface area contributed by atoms with E-state index < -0.39 is 0 Å². The first-order valence-electron chi connectivity index (χ1n) is 9.60. The van der Waals surface area contributed by atoms with Gasteiger partial charge in [0.25, 0.3) is 0 Å². The molecule has 0 bridgehead atoms. The number of aromatic nitrogens is 2. The Morgan fingerprint density at radius 3 is 2.47 bits per heavy atom. The Hall–Kier alpha value is -3.12. The first kappa shape index (κ1) is 20.2. The third kappa shape index (κ3) is 3.83. The van der Waals surface area contributed by atoms with Gasteiger partial charge in [-0.3, -0.25) is 4.98 Å². The van der Waals surface area contributed by atoms with Gasteiger partial charge >= 0.3 is 20.4 Å². The van der Waals surface area contributed by atoms with Gasteiger partial charge in [-0.25, -0.2) is 5.56 Å². The van der Waals surface area contributed by atoms with E-state index in [0.717, 1.165) is 49.6 Å². The van der Waals surface area contributed by atoms with Crippen LogP contribution in [0.4, 0.5) is 0 Å². The molecule has 3 aromatic carbocycles. The fourth-order valence-electron chi connectivity index (χ4n) is 3.59. The second-order valence-electron chi connectivity index (χ2n) is 7.02. The van der Waals surface area contributed by atoms with Crippen molar-refractivity contribution in [2.24, 2.45) is 0 Å². The van der Waals surface area contributed by atoms with Crippen LogP contribution in [0.5, 0.6) is 0 Å². The molecule has 0 radical (unpaired) electrons. The smallest absolute Gasteiger partial charge is 0.304 e. The summed E-state index contributed by atoms with van der Waals surface area (Å²) >= 11 is 0. The molecule has 2 heterocycles. The Balaban J connectivity index is 0.00000218. The van der Waals surface area contributed by atoms with Crippen LogP contribution in [0.3, 0.4) is 0 Å². The summed E-state index contributed by atoms with van der Waals surface area (Å²) in [5, 5.41) is 3.31. The summed E-state index contributed by atoms with van der Waals surface area (Å²) in [6.45, 7) is 2.06. The number of rotatable bonds is 3. The molecule has 0 atom stereocenters. The van der Waals surface area contributed by atoms with Crippen molar-refractivity contribution < 1.29 is 20.4 Å². The van der Waals surface area contributed by atoms with Crippen molar-refractivity contribution in [3.05, 3.63) is 114 Å². The van der Waals surface area contributed by atoms with Gasteiger partial charge < -0.3 is 4.98 Å². The molecule has 0 aliphatic carbocycles. The van der Waals surface area contributed by atoms with Gasteiger partial charge in [-0.05, 0) is 30.1 Å². The van der Waals surface area contributed by atoms with Crippen molar-refractivity contribution in [2.75, 3.05) is 0 Å². The average molecular weight is 477 g/mol. The summed E-state index contributed by atoms with van der Waals surface area (Å²) in [6, 6.07) is 28.4. The summed E-state index contributed by atoms with van der Waals surface area (Å²) < 4.78 is 0. The second kappa shape index (κ2) is 8.71. The standard InChI is InChI=1S/C27H18N2.Pd/c1-19-6-4-16-28-26(19)15-14-21-8-2-7-20-12-13-23(18-25(20)21)24-11-3-9-22-10-5-17-29-27(22)24;/h2-13,15-17H,1H3;/q-2;+2. The molecule has 5 aromatic rings. The monoisotopic (exact) mass is 476 g/mol. The molecular weight excluding hydrogens is 459 g/mol. The van der Waals surface area contributed by atoms with Gasteiger partial charge in [0.1, 0.15) is 0 Å². The fourth-order valence-corrected chi connectivity index (χ4v) is 3.59. The van der Waals surface area contributed by atoms with Crippen LogP contribution < -0.4 is 0 Å². The Morgan fingerprint density at radius 2 is 1.57 bits per heavy atom. The zero-order valence-corrected chi connectivity index (χ0v) is 17.9. The van der Waals surface area contributed by atoms with Crippen LogP contribution in [-0.4, -0.2) is 9.97 Å². The molecule has 0 spiro atoms. The third-order valence-corrected chi connectivity index (χ3v) is 5.12. The van der Waals surface area contributed by atoms with Crippen LogP contribution in [0.2, 0.25) is 0 Å². The van der Waals surface area contributed by atoms with E-state index in [0.29, 0.717) is 0 Å². The zero-order valence-electron chi connectivity index (χ0n) is 16.4. The molecular formula is C27H18N2Pd. The molecule has 0 N–H and O–H groups in total. The Morgan fingerprint density at radius 1 is 0.800 bits per heavy atom. The maximum Gasteiger partial charge on any atom is 2.00 e. The normalized spacial score (nSPS) is 11.1. The van der Waals surface area contributed by atoms with Crippen LogP contribution in [0.1, 0.15) is 16.8 Å². The maximum atomic E-state index is 4.60. The van der Waals surface area contributed by atoms with Crippen molar-refractivity contribution in [2.45, 2.75) is 6.92 Å². The summed E-state index contributed by atoms with van der Waals surface area (Å²) in [7, 11) is 0. The minimum atomic E-state index is 0. The van der Waals surface area contributed by atoms with E-state index in [-0.39, 0.29) is 20.4 Å². The van der Waals surface area contributed by atoms with Crippen molar-refractivity contribution in [3.8, 4) is 11.1 Å². The molecule has 0 aliphatic heterocycles. The van der Waals surface area contributed by atoms with Crippen LogP contribution in [0.15, 0.2) is 85.2 Å². The van der Waals surface area contributed by atoms with E-state index >= 15 is 0 Å². The van der Waals surface area contributed by atoms with Crippen molar-refractivity contribution >= 4 is 27.8 Å². The van der Waals surface area contributed by atoms with Gasteiger partial charge in [0, 0.05) is 17.9 Å². The van der Waals surface area contributed by atoms with Gasteiger partial charge in [0.05, 0.1) is 0 Å². The molecule has 0 saturated heterocycles. The van der Waals surface area contributed by atoms with Gasteiger partial charge in [-0.15, -0.1) is 41.3 Å². The van der Waals surface area contributed by atoms with E-state index in [2.05, 4.69) is 89.7 Å². The van der Waals surface area contributed by atoms with Crippen LogP contribution >= 0.6 is 0 Å². The maximum absolute atomic E-state index is 4.60. The van der Waals surface area contributed by atoms with Gasteiger partial charge in [0.15, 0.2) is 0 Å². The molecule has 2 nitrogen and oxygen atoms in total. The number of benzene rings is 3. The summed E-state index contributed by atoms with van der Waals surface area (Å²) in [6.07, 6.45) is 9.02. The predicted octanol–water partition coefficient (Wildman–Crippen LogP) is 6.42. The minimum Gasteiger partial charge on any atom is -0.304 e. The molecule has 146 valence electrons. The van der Waals surface area contributed by atoms with Gasteiger partial charge in [-0.2, -0.15) is 23.6 Å². The number of aryl methyl sites for hydroxylation is 1. The minimum absolute atomic E-state index is 0. The van der Waals surface area contributed by atoms with E-state index in [1.54, 1.807) is 6.20 Å². The Labute approximate surface area is 190 Å². The molecule has 0 unspecified atom stereocenters.